The molecule has 5 rings (SSSR count). The Labute approximate surface area is 197 Å². The van der Waals surface area contributed by atoms with Gasteiger partial charge in [-0.1, -0.05) is 46.8 Å². The van der Waals surface area contributed by atoms with Gasteiger partial charge in [0.15, 0.2) is 0 Å². The van der Waals surface area contributed by atoms with Crippen LogP contribution in [0.2, 0.25) is 0 Å². The Morgan fingerprint density at radius 2 is 1.50 bits per heavy atom. The maximum absolute atomic E-state index is 12.9. The molecule has 1 heterocycles. The summed E-state index contributed by atoms with van der Waals surface area (Å²) in [5, 5.41) is 0. The van der Waals surface area contributed by atoms with Crippen LogP contribution < -0.4 is 0 Å². The first kappa shape index (κ1) is 23.1. The molecular formula is C30H48O2. The number of rotatable bonds is 2. The van der Waals surface area contributed by atoms with Gasteiger partial charge in [0.05, 0.1) is 11.7 Å². The molecule has 4 aliphatic carbocycles. The van der Waals surface area contributed by atoms with Gasteiger partial charge >= 0.3 is 0 Å². The molecule has 0 unspecified atom stereocenters. The van der Waals surface area contributed by atoms with Crippen molar-refractivity contribution in [3.63, 3.8) is 0 Å². The molecular weight excluding hydrogens is 392 g/mol. The second-order valence-electron chi connectivity index (χ2n) is 14.3. The monoisotopic (exact) mass is 440 g/mol. The Hall–Kier alpha value is -0.630. The fraction of sp³-hybridized carbons (Fsp3) is 0.900. The number of fused-ring (bicyclic) bond motifs is 5. The van der Waals surface area contributed by atoms with E-state index in [0.717, 1.165) is 31.1 Å². The summed E-state index contributed by atoms with van der Waals surface area (Å²) in [6.07, 6.45) is 12.4. The van der Waals surface area contributed by atoms with E-state index in [1.54, 1.807) is 0 Å². The molecule has 1 aliphatic heterocycles. The lowest BCUT2D eigenvalue weighted by molar-refractivity contribution is -0.207. The zero-order chi connectivity index (χ0) is 23.3. The Morgan fingerprint density at radius 3 is 2.16 bits per heavy atom. The third-order valence-electron chi connectivity index (χ3n) is 12.8. The normalized spacial score (nSPS) is 54.6. The van der Waals surface area contributed by atoms with Crippen LogP contribution in [0.4, 0.5) is 0 Å². The van der Waals surface area contributed by atoms with Crippen LogP contribution in [0.1, 0.15) is 113 Å². The van der Waals surface area contributed by atoms with Gasteiger partial charge in [-0.15, -0.1) is 0 Å². The van der Waals surface area contributed by atoms with Gasteiger partial charge in [-0.3, -0.25) is 4.79 Å². The van der Waals surface area contributed by atoms with Crippen LogP contribution >= 0.6 is 0 Å². The lowest BCUT2D eigenvalue weighted by atomic mass is 9.35. The number of hydrogen-bond donors (Lipinski definition) is 0. The lowest BCUT2D eigenvalue weighted by Gasteiger charge is -2.69. The Morgan fingerprint density at radius 1 is 0.812 bits per heavy atom. The summed E-state index contributed by atoms with van der Waals surface area (Å²) < 4.78 is 6.77. The van der Waals surface area contributed by atoms with Crippen LogP contribution in [-0.4, -0.2) is 17.5 Å². The largest absolute Gasteiger partial charge is 0.367 e. The van der Waals surface area contributed by atoms with Gasteiger partial charge < -0.3 is 4.74 Å². The number of carbonyl (C=O) groups is 1. The van der Waals surface area contributed by atoms with Crippen molar-refractivity contribution in [2.75, 3.05) is 0 Å². The fourth-order valence-corrected chi connectivity index (χ4v) is 10.8. The number of ether oxygens (including phenoxy) is 1. The van der Waals surface area contributed by atoms with Crippen molar-refractivity contribution in [1.29, 1.82) is 0 Å². The first-order valence-electron chi connectivity index (χ1n) is 13.7. The minimum absolute atomic E-state index is 0.0234. The van der Waals surface area contributed by atoms with E-state index in [1.165, 1.54) is 50.5 Å². The van der Waals surface area contributed by atoms with E-state index in [2.05, 4.69) is 55.0 Å². The van der Waals surface area contributed by atoms with E-state index in [0.29, 0.717) is 33.9 Å². The Balaban J connectivity index is 1.46. The van der Waals surface area contributed by atoms with Crippen LogP contribution in [-0.2, 0) is 9.53 Å². The van der Waals surface area contributed by atoms with E-state index < -0.39 is 0 Å². The number of Topliss-reactive ketones (excluding diaryl/α,β-unsaturated/α-hetero) is 1. The Bertz CT molecular complexity index is 827. The van der Waals surface area contributed by atoms with Gasteiger partial charge in [-0.2, -0.15) is 0 Å². The standard InChI is InChI=1S/C30H48O2/c1-19(2)22-12-18-30(8,32-22)21-11-16-28(6)20(21)9-10-24-27(5)15-14-25(31)26(3,4)23(27)13-17-29(24,28)7/h20-24H,1,9-18H2,2-8H3/t20-,21+,22+,23+,24-,27+,28-,29-,30+/m1/s1. The molecule has 0 amide bonds. The van der Waals surface area contributed by atoms with E-state index in [4.69, 9.17) is 4.74 Å². The third-order valence-corrected chi connectivity index (χ3v) is 12.8. The van der Waals surface area contributed by atoms with Gasteiger partial charge in [0.1, 0.15) is 5.78 Å². The van der Waals surface area contributed by atoms with E-state index in [-0.39, 0.29) is 17.1 Å². The van der Waals surface area contributed by atoms with Gasteiger partial charge in [-0.05, 0) is 112 Å². The minimum Gasteiger partial charge on any atom is -0.367 e. The molecule has 0 N–H and O–H groups in total. The molecule has 2 heteroatoms. The second-order valence-corrected chi connectivity index (χ2v) is 14.3. The van der Waals surface area contributed by atoms with E-state index in [1.807, 2.05) is 0 Å². The van der Waals surface area contributed by atoms with Crippen LogP contribution in [0.15, 0.2) is 12.2 Å². The number of ketones is 1. The molecule has 5 aliphatic rings. The van der Waals surface area contributed by atoms with Crippen molar-refractivity contribution < 1.29 is 9.53 Å². The molecule has 32 heavy (non-hydrogen) atoms. The molecule has 0 aromatic heterocycles. The van der Waals surface area contributed by atoms with E-state index >= 15 is 0 Å². The summed E-state index contributed by atoms with van der Waals surface area (Å²) in [6, 6.07) is 0. The highest BCUT2D eigenvalue weighted by molar-refractivity contribution is 5.85. The van der Waals surface area contributed by atoms with Crippen molar-refractivity contribution in [2.24, 2.45) is 45.3 Å². The van der Waals surface area contributed by atoms with Gasteiger partial charge in [-0.25, -0.2) is 0 Å². The van der Waals surface area contributed by atoms with Crippen LogP contribution in [0.3, 0.4) is 0 Å². The highest BCUT2D eigenvalue weighted by Crippen LogP contribution is 2.75. The van der Waals surface area contributed by atoms with Gasteiger partial charge in [0, 0.05) is 11.8 Å². The summed E-state index contributed by atoms with van der Waals surface area (Å²) in [7, 11) is 0. The third kappa shape index (κ3) is 2.77. The molecule has 0 aromatic rings. The summed E-state index contributed by atoms with van der Waals surface area (Å²) in [5.41, 5.74) is 2.17. The zero-order valence-electron chi connectivity index (χ0n) is 22.0. The number of carbonyl (C=O) groups excluding carboxylic acids is 1. The van der Waals surface area contributed by atoms with E-state index in [9.17, 15) is 4.79 Å². The molecule has 0 aromatic carbocycles. The molecule has 1 saturated heterocycles. The molecule has 4 saturated carbocycles. The topological polar surface area (TPSA) is 26.3 Å². The lowest BCUT2D eigenvalue weighted by Crippen LogP contribution is -2.63. The average Bonchev–Trinajstić information content (AvgIpc) is 3.28. The quantitative estimate of drug-likeness (QED) is 0.410. The van der Waals surface area contributed by atoms with Gasteiger partial charge in [0.2, 0.25) is 0 Å². The molecule has 0 radical (unpaired) electrons. The van der Waals surface area contributed by atoms with Crippen LogP contribution in [0.25, 0.3) is 0 Å². The highest BCUT2D eigenvalue weighted by Gasteiger charge is 2.69. The summed E-state index contributed by atoms with van der Waals surface area (Å²) in [5.74, 6) is 3.28. The maximum atomic E-state index is 12.9. The predicted molar refractivity (Wildman–Crippen MR) is 131 cm³/mol. The first-order chi connectivity index (χ1) is 14.8. The average molecular weight is 441 g/mol. The first-order valence-corrected chi connectivity index (χ1v) is 13.7. The predicted octanol–water partition coefficient (Wildman–Crippen LogP) is 7.75. The smallest absolute Gasteiger partial charge is 0.138 e. The van der Waals surface area contributed by atoms with Crippen molar-refractivity contribution in [1.82, 2.24) is 0 Å². The molecule has 180 valence electrons. The maximum Gasteiger partial charge on any atom is 0.138 e. The minimum atomic E-state index is -0.146. The van der Waals surface area contributed by atoms with Gasteiger partial charge in [0.25, 0.3) is 0 Å². The van der Waals surface area contributed by atoms with Crippen molar-refractivity contribution in [3.8, 4) is 0 Å². The van der Waals surface area contributed by atoms with Crippen molar-refractivity contribution >= 4 is 5.78 Å². The van der Waals surface area contributed by atoms with Crippen molar-refractivity contribution in [2.45, 2.75) is 124 Å². The summed E-state index contributed by atoms with van der Waals surface area (Å²) >= 11 is 0. The second kappa shape index (κ2) is 6.96. The molecule has 0 spiro atoms. The van der Waals surface area contributed by atoms with Crippen LogP contribution in [0, 0.1) is 45.3 Å². The van der Waals surface area contributed by atoms with Crippen molar-refractivity contribution in [3.05, 3.63) is 12.2 Å². The number of hydrogen-bond acceptors (Lipinski definition) is 2. The molecule has 2 nitrogen and oxygen atoms in total. The SMILES string of the molecule is C=C(C)[C@@H]1CC[C@@](C)([C@H]2CC[C@]3(C)[C@@H]2CC[C@@H]2[C@@]4(C)CCC(=O)C(C)(C)[C@@H]4CC[C@]23C)O1. The Kier molecular flexibility index (Phi) is 5.03. The molecule has 0 bridgehead atoms. The zero-order valence-corrected chi connectivity index (χ0v) is 22.0. The summed E-state index contributed by atoms with van der Waals surface area (Å²) in [6.45, 7) is 21.2. The molecule has 9 atom stereocenters. The molecule has 5 fully saturated rings. The summed E-state index contributed by atoms with van der Waals surface area (Å²) in [4.78, 5) is 12.9. The fourth-order valence-electron chi connectivity index (χ4n) is 10.8. The van der Waals surface area contributed by atoms with Crippen LogP contribution in [0.5, 0.6) is 0 Å². The highest BCUT2D eigenvalue weighted by atomic mass is 16.5.